The van der Waals surface area contributed by atoms with Crippen LogP contribution in [0.15, 0.2) is 47.1 Å². The first-order valence-corrected chi connectivity index (χ1v) is 8.14. The van der Waals surface area contributed by atoms with Gasteiger partial charge in [0, 0.05) is 12.5 Å². The number of nitrogens with zero attached hydrogens (tertiary/aromatic N) is 1. The van der Waals surface area contributed by atoms with E-state index in [0.717, 1.165) is 0 Å². The molecule has 0 atom stereocenters. The van der Waals surface area contributed by atoms with E-state index >= 15 is 0 Å². The maximum atomic E-state index is 13.1. The third-order valence-corrected chi connectivity index (χ3v) is 3.74. The van der Waals surface area contributed by atoms with Gasteiger partial charge in [0.15, 0.2) is 17.2 Å². The molecule has 2 aromatic carbocycles. The van der Waals surface area contributed by atoms with E-state index < -0.39 is 17.8 Å². The van der Waals surface area contributed by atoms with Crippen molar-refractivity contribution in [3.8, 4) is 17.2 Å². The van der Waals surface area contributed by atoms with Gasteiger partial charge in [-0.15, -0.1) is 0 Å². The molecule has 3 rings (SSSR count). The van der Waals surface area contributed by atoms with Crippen molar-refractivity contribution in [3.05, 3.63) is 59.0 Å². The number of carbonyl (C=O) groups is 2. The Bertz CT molecular complexity index is 969. The zero-order chi connectivity index (χ0) is 20.3. The topological polar surface area (TPSA) is 83.4 Å². The highest BCUT2D eigenvalue weighted by Crippen LogP contribution is 2.39. The molecule has 144 valence electrons. The van der Waals surface area contributed by atoms with Gasteiger partial charge in [-0.2, -0.15) is 0 Å². The molecule has 7 nitrogen and oxygen atoms in total. The molecule has 0 radical (unpaired) electrons. The second-order valence-corrected chi connectivity index (χ2v) is 5.69. The number of aliphatic imine (C=N–C) groups is 1. The van der Waals surface area contributed by atoms with Gasteiger partial charge in [0.2, 0.25) is 11.6 Å². The molecule has 0 bridgehead atoms. The largest absolute Gasteiger partial charge is 0.493 e. The van der Waals surface area contributed by atoms with Gasteiger partial charge in [0.25, 0.3) is 0 Å². The molecule has 2 aromatic rings. The number of carbonyl (C=O) groups excluding carboxylic acids is 2. The van der Waals surface area contributed by atoms with Crippen LogP contribution in [-0.2, 0) is 14.3 Å². The Hall–Kier alpha value is -3.68. The van der Waals surface area contributed by atoms with Crippen LogP contribution >= 0.6 is 0 Å². The van der Waals surface area contributed by atoms with Crippen molar-refractivity contribution in [2.24, 2.45) is 4.99 Å². The number of rotatable bonds is 5. The number of hydrogen-bond donors (Lipinski definition) is 0. The molecule has 0 amide bonds. The lowest BCUT2D eigenvalue weighted by Crippen LogP contribution is -2.06. The second-order valence-electron chi connectivity index (χ2n) is 5.69. The van der Waals surface area contributed by atoms with Crippen molar-refractivity contribution in [3.63, 3.8) is 0 Å². The van der Waals surface area contributed by atoms with Crippen molar-refractivity contribution in [2.75, 3.05) is 14.2 Å². The average Bonchev–Trinajstić information content (AvgIpc) is 3.03. The highest BCUT2D eigenvalue weighted by atomic mass is 19.1. The quantitative estimate of drug-likeness (QED) is 0.447. The Labute approximate surface area is 160 Å². The molecule has 0 aliphatic carbocycles. The van der Waals surface area contributed by atoms with E-state index in [0.29, 0.717) is 11.1 Å². The van der Waals surface area contributed by atoms with E-state index in [1.54, 1.807) is 12.1 Å². The van der Waals surface area contributed by atoms with Crippen LogP contribution in [0.1, 0.15) is 18.1 Å². The first kappa shape index (κ1) is 19.1. The van der Waals surface area contributed by atoms with Gasteiger partial charge >= 0.3 is 11.9 Å². The molecule has 1 aliphatic heterocycles. The van der Waals surface area contributed by atoms with E-state index in [4.69, 9.17) is 18.9 Å². The Morgan fingerprint density at radius 1 is 1.11 bits per heavy atom. The van der Waals surface area contributed by atoms with E-state index in [9.17, 15) is 14.0 Å². The molecule has 0 spiro atoms. The normalized spacial score (nSPS) is 14.5. The summed E-state index contributed by atoms with van der Waals surface area (Å²) < 4.78 is 33.8. The number of methoxy groups -OCH3 is 2. The van der Waals surface area contributed by atoms with E-state index in [2.05, 4.69) is 4.99 Å². The highest BCUT2D eigenvalue weighted by molar-refractivity contribution is 6.12. The summed E-state index contributed by atoms with van der Waals surface area (Å²) >= 11 is 0. The fourth-order valence-electron chi connectivity index (χ4n) is 2.51. The smallest absolute Gasteiger partial charge is 0.363 e. The number of hydrogen-bond acceptors (Lipinski definition) is 7. The van der Waals surface area contributed by atoms with E-state index in [1.165, 1.54) is 51.5 Å². The maximum absolute atomic E-state index is 13.1. The van der Waals surface area contributed by atoms with Crippen molar-refractivity contribution in [2.45, 2.75) is 6.92 Å². The third kappa shape index (κ3) is 4.01. The molecule has 0 unspecified atom stereocenters. The summed E-state index contributed by atoms with van der Waals surface area (Å²) in [4.78, 5) is 27.6. The van der Waals surface area contributed by atoms with E-state index in [1.807, 2.05) is 0 Å². The number of esters is 2. The number of halogens is 1. The molecule has 0 fully saturated rings. The Morgan fingerprint density at radius 3 is 2.25 bits per heavy atom. The van der Waals surface area contributed by atoms with Gasteiger partial charge in [-0.05, 0) is 48.0 Å². The predicted octanol–water partition coefficient (Wildman–Crippen LogP) is 3.11. The second kappa shape index (κ2) is 7.91. The van der Waals surface area contributed by atoms with Crippen LogP contribution < -0.4 is 14.2 Å². The molecule has 0 saturated heterocycles. The zero-order valence-electron chi connectivity index (χ0n) is 15.3. The van der Waals surface area contributed by atoms with Crippen LogP contribution in [0.3, 0.4) is 0 Å². The molecular weight excluding hydrogens is 369 g/mol. The van der Waals surface area contributed by atoms with Crippen LogP contribution in [-0.4, -0.2) is 32.1 Å². The summed E-state index contributed by atoms with van der Waals surface area (Å²) in [5.74, 6) is -0.893. The third-order valence-electron chi connectivity index (χ3n) is 3.74. The summed E-state index contributed by atoms with van der Waals surface area (Å²) in [5, 5.41) is 0. The maximum Gasteiger partial charge on any atom is 0.363 e. The standard InChI is InChI=1S/C20H16FNO6/c1-11(23)27-18-16(25-2)9-12(10-17(18)26-3)8-15-20(24)28-19(22-15)13-4-6-14(21)7-5-13/h4-10H,1-3H3/b15-8-. The predicted molar refractivity (Wildman–Crippen MR) is 97.9 cm³/mol. The van der Waals surface area contributed by atoms with E-state index in [-0.39, 0.29) is 28.8 Å². The Balaban J connectivity index is 1.99. The minimum Gasteiger partial charge on any atom is -0.493 e. The van der Waals surface area contributed by atoms with Crippen molar-refractivity contribution >= 4 is 23.9 Å². The minimum atomic E-state index is -0.652. The van der Waals surface area contributed by atoms with Gasteiger partial charge in [-0.25, -0.2) is 14.2 Å². The molecular formula is C20H16FNO6. The van der Waals surface area contributed by atoms with Crippen LogP contribution in [0.4, 0.5) is 4.39 Å². The first-order chi connectivity index (χ1) is 13.4. The average molecular weight is 385 g/mol. The summed E-state index contributed by atoms with van der Waals surface area (Å²) in [6.07, 6.45) is 1.47. The monoisotopic (exact) mass is 385 g/mol. The van der Waals surface area contributed by atoms with Gasteiger partial charge in [-0.1, -0.05) is 0 Å². The first-order valence-electron chi connectivity index (χ1n) is 8.14. The summed E-state index contributed by atoms with van der Waals surface area (Å²) in [5.41, 5.74) is 1.03. The molecule has 8 heteroatoms. The molecule has 0 N–H and O–H groups in total. The molecule has 0 aromatic heterocycles. The number of benzene rings is 2. The summed E-state index contributed by atoms with van der Waals surface area (Å²) in [7, 11) is 2.82. The van der Waals surface area contributed by atoms with Gasteiger partial charge in [-0.3, -0.25) is 4.79 Å². The summed E-state index contributed by atoms with van der Waals surface area (Å²) in [6.45, 7) is 1.26. The number of ether oxygens (including phenoxy) is 4. The fourth-order valence-corrected chi connectivity index (χ4v) is 2.51. The summed E-state index contributed by atoms with van der Waals surface area (Å²) in [6, 6.07) is 8.54. The Kier molecular flexibility index (Phi) is 5.39. The molecule has 1 aliphatic rings. The van der Waals surface area contributed by atoms with Crippen molar-refractivity contribution in [1.82, 2.24) is 0 Å². The van der Waals surface area contributed by atoms with Crippen molar-refractivity contribution < 1.29 is 32.9 Å². The van der Waals surface area contributed by atoms with Gasteiger partial charge in [0.1, 0.15) is 5.82 Å². The SMILES string of the molecule is COc1cc(/C=C2\N=C(c3ccc(F)cc3)OC2=O)cc(OC)c1OC(C)=O. The van der Waals surface area contributed by atoms with Crippen LogP contribution in [0.25, 0.3) is 6.08 Å². The molecule has 1 heterocycles. The Morgan fingerprint density at radius 2 is 1.71 bits per heavy atom. The molecule has 0 saturated carbocycles. The van der Waals surface area contributed by atoms with Gasteiger partial charge < -0.3 is 18.9 Å². The van der Waals surface area contributed by atoms with Crippen LogP contribution in [0.5, 0.6) is 17.2 Å². The van der Waals surface area contributed by atoms with Crippen molar-refractivity contribution in [1.29, 1.82) is 0 Å². The van der Waals surface area contributed by atoms with Crippen LogP contribution in [0, 0.1) is 5.82 Å². The minimum absolute atomic E-state index is 0.0451. The highest BCUT2D eigenvalue weighted by Gasteiger charge is 2.25. The molecule has 28 heavy (non-hydrogen) atoms. The lowest BCUT2D eigenvalue weighted by atomic mass is 10.1. The number of cyclic esters (lactones) is 1. The fraction of sp³-hybridized carbons (Fsp3) is 0.150. The zero-order valence-corrected chi connectivity index (χ0v) is 15.3. The van der Waals surface area contributed by atoms with Crippen LogP contribution in [0.2, 0.25) is 0 Å². The lowest BCUT2D eigenvalue weighted by molar-refractivity contribution is -0.132. The lowest BCUT2D eigenvalue weighted by Gasteiger charge is -2.13. The van der Waals surface area contributed by atoms with Gasteiger partial charge in [0.05, 0.1) is 14.2 Å².